The minimum atomic E-state index is -0.845. The van der Waals surface area contributed by atoms with Crippen LogP contribution in [0.4, 0.5) is 4.79 Å². The van der Waals surface area contributed by atoms with E-state index < -0.39 is 6.09 Å². The van der Waals surface area contributed by atoms with Crippen molar-refractivity contribution in [3.8, 4) is 5.75 Å². The van der Waals surface area contributed by atoms with Gasteiger partial charge in [-0.1, -0.05) is 11.6 Å². The number of hydrogen-bond acceptors (Lipinski definition) is 4. The standard InChI is InChI=1S/C8H7ClN2O3/c1-11(10-13)8(12)14-7-4-2-6(9)3-5-7/h2-5H,1H3. The first kappa shape index (κ1) is 10.5. The van der Waals surface area contributed by atoms with Gasteiger partial charge in [-0.3, -0.25) is 0 Å². The summed E-state index contributed by atoms with van der Waals surface area (Å²) in [6, 6.07) is 6.16. The average Bonchev–Trinajstić information content (AvgIpc) is 2.20. The summed E-state index contributed by atoms with van der Waals surface area (Å²) in [7, 11) is 1.20. The molecule has 0 saturated carbocycles. The van der Waals surface area contributed by atoms with Crippen LogP contribution in [0.3, 0.4) is 0 Å². The molecule has 6 heteroatoms. The topological polar surface area (TPSA) is 59.0 Å². The van der Waals surface area contributed by atoms with Crippen LogP contribution in [0.2, 0.25) is 5.02 Å². The van der Waals surface area contributed by atoms with Crippen molar-refractivity contribution in [2.75, 3.05) is 7.05 Å². The molecule has 0 aliphatic heterocycles. The smallest absolute Gasteiger partial charge is 0.409 e. The molecule has 74 valence electrons. The van der Waals surface area contributed by atoms with Crippen LogP contribution in [-0.4, -0.2) is 18.1 Å². The van der Waals surface area contributed by atoms with Crippen molar-refractivity contribution in [2.45, 2.75) is 0 Å². The van der Waals surface area contributed by atoms with E-state index in [9.17, 15) is 9.70 Å². The number of nitrogens with zero attached hydrogens (tertiary/aromatic N) is 2. The maximum absolute atomic E-state index is 11.0. The number of halogens is 1. The molecular formula is C8H7ClN2O3. The molecule has 0 fully saturated rings. The molecule has 0 N–H and O–H groups in total. The largest absolute Gasteiger partial charge is 0.438 e. The Kier molecular flexibility index (Phi) is 3.41. The summed E-state index contributed by atoms with van der Waals surface area (Å²) < 4.78 is 4.76. The normalized spacial score (nSPS) is 9.29. The summed E-state index contributed by atoms with van der Waals surface area (Å²) in [5, 5.41) is 3.47. The summed E-state index contributed by atoms with van der Waals surface area (Å²) in [5.74, 6) is 0.301. The zero-order valence-corrected chi connectivity index (χ0v) is 8.06. The molecule has 0 radical (unpaired) electrons. The highest BCUT2D eigenvalue weighted by Gasteiger charge is 2.10. The third kappa shape index (κ3) is 2.70. The van der Waals surface area contributed by atoms with Gasteiger partial charge in [0.15, 0.2) is 0 Å². The molecule has 0 aliphatic carbocycles. The SMILES string of the molecule is CN(N=O)C(=O)Oc1ccc(Cl)cc1. The lowest BCUT2D eigenvalue weighted by Crippen LogP contribution is -2.23. The monoisotopic (exact) mass is 214 g/mol. The number of carbonyl (C=O) groups is 1. The Morgan fingerprint density at radius 3 is 2.50 bits per heavy atom. The van der Waals surface area contributed by atoms with Gasteiger partial charge in [0.1, 0.15) is 5.75 Å². The lowest BCUT2D eigenvalue weighted by atomic mass is 10.3. The first-order valence-corrected chi connectivity index (χ1v) is 4.05. The Balaban J connectivity index is 2.65. The molecule has 1 amide bonds. The predicted octanol–water partition coefficient (Wildman–Crippen LogP) is 2.45. The van der Waals surface area contributed by atoms with Gasteiger partial charge in [-0.2, -0.15) is 5.01 Å². The first-order valence-electron chi connectivity index (χ1n) is 3.68. The summed E-state index contributed by atoms with van der Waals surface area (Å²) in [5.41, 5.74) is 0. The maximum Gasteiger partial charge on any atom is 0.438 e. The highest BCUT2D eigenvalue weighted by atomic mass is 35.5. The summed E-state index contributed by atoms with van der Waals surface area (Å²) in [6.07, 6.45) is -0.845. The number of carbonyl (C=O) groups excluding carboxylic acids is 1. The van der Waals surface area contributed by atoms with Crippen molar-refractivity contribution >= 4 is 17.7 Å². The van der Waals surface area contributed by atoms with E-state index in [0.717, 1.165) is 0 Å². The molecule has 0 saturated heterocycles. The van der Waals surface area contributed by atoms with Crippen molar-refractivity contribution in [2.24, 2.45) is 5.29 Å². The molecule has 1 rings (SSSR count). The average molecular weight is 215 g/mol. The third-order valence-electron chi connectivity index (χ3n) is 1.41. The summed E-state index contributed by atoms with van der Waals surface area (Å²) in [6.45, 7) is 0. The Hall–Kier alpha value is -1.62. The molecule has 0 aliphatic rings. The van der Waals surface area contributed by atoms with Gasteiger partial charge in [0.2, 0.25) is 0 Å². The molecular weight excluding hydrogens is 208 g/mol. The minimum Gasteiger partial charge on any atom is -0.409 e. The number of rotatable bonds is 2. The maximum atomic E-state index is 11.0. The second-order valence-corrected chi connectivity index (χ2v) is 2.86. The second-order valence-electron chi connectivity index (χ2n) is 2.43. The van der Waals surface area contributed by atoms with Crippen LogP contribution in [0.15, 0.2) is 29.6 Å². The van der Waals surface area contributed by atoms with E-state index in [2.05, 4.69) is 5.29 Å². The highest BCUT2D eigenvalue weighted by Crippen LogP contribution is 2.16. The Morgan fingerprint density at radius 1 is 1.43 bits per heavy atom. The molecule has 0 bridgehead atoms. The van der Waals surface area contributed by atoms with Crippen LogP contribution in [0.1, 0.15) is 0 Å². The van der Waals surface area contributed by atoms with Gasteiger partial charge in [-0.15, -0.1) is 4.91 Å². The van der Waals surface area contributed by atoms with Crippen LogP contribution < -0.4 is 4.74 Å². The van der Waals surface area contributed by atoms with Crippen molar-refractivity contribution in [3.05, 3.63) is 34.2 Å². The predicted molar refractivity (Wildman–Crippen MR) is 51.0 cm³/mol. The molecule has 0 spiro atoms. The Labute approximate surface area is 85.2 Å². The van der Waals surface area contributed by atoms with E-state index in [-0.39, 0.29) is 0 Å². The molecule has 0 heterocycles. The van der Waals surface area contributed by atoms with Crippen molar-refractivity contribution < 1.29 is 9.53 Å². The number of ether oxygens (including phenoxy) is 1. The molecule has 5 nitrogen and oxygen atoms in total. The number of nitroso groups, excluding NO2 is 1. The first-order chi connectivity index (χ1) is 6.63. The molecule has 0 aromatic heterocycles. The fraction of sp³-hybridized carbons (Fsp3) is 0.125. The van der Waals surface area contributed by atoms with Crippen molar-refractivity contribution in [3.63, 3.8) is 0 Å². The molecule has 0 atom stereocenters. The molecule has 0 unspecified atom stereocenters. The van der Waals surface area contributed by atoms with Gasteiger partial charge in [-0.25, -0.2) is 4.79 Å². The lowest BCUT2D eigenvalue weighted by molar-refractivity contribution is 0.164. The van der Waals surface area contributed by atoms with Crippen LogP contribution in [0, 0.1) is 4.91 Å². The minimum absolute atomic E-state index is 0.301. The zero-order valence-electron chi connectivity index (χ0n) is 7.31. The second kappa shape index (κ2) is 4.57. The van der Waals surface area contributed by atoms with E-state index >= 15 is 0 Å². The van der Waals surface area contributed by atoms with E-state index in [1.807, 2.05) is 0 Å². The van der Waals surface area contributed by atoms with E-state index in [1.165, 1.54) is 19.2 Å². The fourth-order valence-corrected chi connectivity index (χ4v) is 0.829. The van der Waals surface area contributed by atoms with Crippen LogP contribution >= 0.6 is 11.6 Å². The van der Waals surface area contributed by atoms with E-state index in [1.54, 1.807) is 12.1 Å². The van der Waals surface area contributed by atoms with Gasteiger partial charge in [0.05, 0.1) is 5.29 Å². The third-order valence-corrected chi connectivity index (χ3v) is 1.66. The van der Waals surface area contributed by atoms with Gasteiger partial charge >= 0.3 is 6.09 Å². The van der Waals surface area contributed by atoms with Gasteiger partial charge in [0.25, 0.3) is 0 Å². The Morgan fingerprint density at radius 2 is 2.00 bits per heavy atom. The van der Waals surface area contributed by atoms with Crippen molar-refractivity contribution in [1.29, 1.82) is 0 Å². The summed E-state index contributed by atoms with van der Waals surface area (Å²) >= 11 is 5.62. The number of amides is 1. The number of hydrogen-bond donors (Lipinski definition) is 0. The molecule has 1 aromatic rings. The fourth-order valence-electron chi connectivity index (χ4n) is 0.703. The van der Waals surface area contributed by atoms with Crippen LogP contribution in [-0.2, 0) is 0 Å². The summed E-state index contributed by atoms with van der Waals surface area (Å²) in [4.78, 5) is 20.9. The van der Waals surface area contributed by atoms with Crippen molar-refractivity contribution in [1.82, 2.24) is 5.01 Å². The Bertz CT molecular complexity index is 339. The van der Waals surface area contributed by atoms with Gasteiger partial charge in [0, 0.05) is 12.1 Å². The quantitative estimate of drug-likeness (QED) is 0.561. The number of benzene rings is 1. The van der Waals surface area contributed by atoms with Gasteiger partial charge in [-0.05, 0) is 24.3 Å². The molecule has 1 aromatic carbocycles. The van der Waals surface area contributed by atoms with Gasteiger partial charge < -0.3 is 4.74 Å². The van der Waals surface area contributed by atoms with E-state index in [4.69, 9.17) is 16.3 Å². The lowest BCUT2D eigenvalue weighted by Gasteiger charge is -2.07. The highest BCUT2D eigenvalue weighted by molar-refractivity contribution is 6.30. The van der Waals surface area contributed by atoms with Crippen LogP contribution in [0.25, 0.3) is 0 Å². The zero-order chi connectivity index (χ0) is 10.6. The van der Waals surface area contributed by atoms with E-state index in [0.29, 0.717) is 15.8 Å². The van der Waals surface area contributed by atoms with Crippen LogP contribution in [0.5, 0.6) is 5.75 Å². The molecule has 14 heavy (non-hydrogen) atoms.